The summed E-state index contributed by atoms with van der Waals surface area (Å²) < 4.78 is 19.5. The Labute approximate surface area is 211 Å². The van der Waals surface area contributed by atoms with Gasteiger partial charge in [0, 0.05) is 5.66 Å². The van der Waals surface area contributed by atoms with E-state index in [1.54, 1.807) is 0 Å². The molecule has 0 spiro atoms. The van der Waals surface area contributed by atoms with Gasteiger partial charge in [0.2, 0.25) is 0 Å². The predicted molar refractivity (Wildman–Crippen MR) is 151 cm³/mol. The summed E-state index contributed by atoms with van der Waals surface area (Å²) in [6.07, 6.45) is 18.7. The topological polar surface area (TPSA) is 36.9 Å². The smallest absolute Gasteiger partial charge is 0.126 e. The summed E-state index contributed by atoms with van der Waals surface area (Å²) in [6.45, 7) is 16.7. The van der Waals surface area contributed by atoms with Gasteiger partial charge in [-0.15, -0.1) is 9.24 Å². The monoisotopic (exact) mass is 493 g/mol. The maximum atomic E-state index is 13.1. The molecule has 1 N–H and O–H groups in total. The fourth-order valence-corrected chi connectivity index (χ4v) is 4.50. The third kappa shape index (κ3) is 11.5. The van der Waals surface area contributed by atoms with E-state index in [0.29, 0.717) is 13.0 Å². The average molecular weight is 494 g/mol. The van der Waals surface area contributed by atoms with E-state index in [1.165, 1.54) is 5.57 Å². The number of alkyl halides is 1. The van der Waals surface area contributed by atoms with Crippen molar-refractivity contribution in [3.05, 3.63) is 47.6 Å². The van der Waals surface area contributed by atoms with Crippen molar-refractivity contribution < 1.29 is 9.13 Å². The molecule has 34 heavy (non-hydrogen) atoms. The molecule has 0 amide bonds. The van der Waals surface area contributed by atoms with Crippen molar-refractivity contribution in [3.63, 3.8) is 0 Å². The van der Waals surface area contributed by atoms with E-state index in [1.807, 2.05) is 12.2 Å². The third-order valence-corrected chi connectivity index (χ3v) is 7.04. The van der Waals surface area contributed by atoms with Crippen LogP contribution in [0.4, 0.5) is 4.39 Å². The van der Waals surface area contributed by atoms with E-state index in [9.17, 15) is 4.39 Å². The van der Waals surface area contributed by atoms with Gasteiger partial charge in [-0.25, -0.2) is 4.39 Å². The second-order valence-electron chi connectivity index (χ2n) is 9.29. The lowest BCUT2D eigenvalue weighted by molar-refractivity contribution is 0.0501. The van der Waals surface area contributed by atoms with Crippen molar-refractivity contribution in [3.8, 4) is 0 Å². The summed E-state index contributed by atoms with van der Waals surface area (Å²) in [5.41, 5.74) is 1.77. The molecule has 0 aromatic carbocycles. The molecule has 5 unspecified atom stereocenters. The van der Waals surface area contributed by atoms with E-state index in [4.69, 9.17) is 4.74 Å². The fraction of sp³-hybridized carbons (Fsp3) is 0.679. The minimum Gasteiger partial charge on any atom is -0.374 e. The Bertz CT molecular complexity index is 706. The van der Waals surface area contributed by atoms with Gasteiger partial charge in [-0.1, -0.05) is 57.6 Å². The van der Waals surface area contributed by atoms with Crippen LogP contribution in [0, 0.1) is 0 Å². The Kier molecular flexibility index (Phi) is 15.7. The molecule has 5 atom stereocenters. The standard InChI is InChI=1S/C28H49FN3OP/c1-7-10-19-28(5,30-6)31-23(4)32(9-3)20-12-15-26(13-8-2)33-22-25-18-17-24(21-29)14-11-16-27(25)34/h10-11,16-19,23,26-27,31H,6-9,12-15,20-22,34H2,1-5H3/b16-11?,19-10-,24-17+,25-18-. The molecule has 0 fully saturated rings. The SMILES string of the molecule is C=NC(C)(/C=C\CC)NC(C)N(CC)CCCC(CCC)OC/C1=C/C=C(/CF)CC=CC1P. The number of aliphatic imine (C=N–C) groups is 1. The molecule has 1 aliphatic carbocycles. The second kappa shape index (κ2) is 17.3. The summed E-state index contributed by atoms with van der Waals surface area (Å²) in [6, 6.07) is 0. The number of rotatable bonds is 17. The first-order chi connectivity index (χ1) is 16.3. The maximum Gasteiger partial charge on any atom is 0.126 e. The normalized spacial score (nSPS) is 23.5. The number of hydrogen-bond donors (Lipinski definition) is 1. The Morgan fingerprint density at radius 2 is 2.12 bits per heavy atom. The van der Waals surface area contributed by atoms with Gasteiger partial charge in [-0.2, -0.15) is 0 Å². The molecule has 0 aromatic heterocycles. The Hall–Kier alpha value is -1.13. The van der Waals surface area contributed by atoms with Crippen molar-refractivity contribution in [1.29, 1.82) is 0 Å². The number of allylic oxidation sites excluding steroid dienone is 6. The summed E-state index contributed by atoms with van der Waals surface area (Å²) in [5, 5.41) is 3.61. The summed E-state index contributed by atoms with van der Waals surface area (Å²) in [4.78, 5) is 6.75. The molecule has 0 saturated heterocycles. The van der Waals surface area contributed by atoms with Gasteiger partial charge >= 0.3 is 0 Å². The van der Waals surface area contributed by atoms with Crippen LogP contribution in [0.15, 0.2) is 52.6 Å². The molecule has 1 rings (SSSR count). The van der Waals surface area contributed by atoms with Crippen molar-refractivity contribution >= 4 is 16.0 Å². The van der Waals surface area contributed by atoms with Gasteiger partial charge in [-0.05, 0) is 83.0 Å². The van der Waals surface area contributed by atoms with Crippen LogP contribution >= 0.6 is 9.24 Å². The van der Waals surface area contributed by atoms with Gasteiger partial charge in [-0.3, -0.25) is 15.2 Å². The third-order valence-electron chi connectivity index (χ3n) is 6.39. The molecule has 0 aliphatic heterocycles. The fourth-order valence-electron chi connectivity index (χ4n) is 4.14. The minimum absolute atomic E-state index is 0.189. The molecule has 0 aromatic rings. The van der Waals surface area contributed by atoms with E-state index < -0.39 is 12.3 Å². The Balaban J connectivity index is 2.64. The highest BCUT2D eigenvalue weighted by Gasteiger charge is 2.23. The van der Waals surface area contributed by atoms with E-state index >= 15 is 0 Å². The number of nitrogens with zero attached hydrogens (tertiary/aromatic N) is 2. The lowest BCUT2D eigenvalue weighted by atomic mass is 10.0. The Morgan fingerprint density at radius 1 is 1.35 bits per heavy atom. The first kappa shape index (κ1) is 30.9. The first-order valence-electron chi connectivity index (χ1n) is 13.0. The Morgan fingerprint density at radius 3 is 2.74 bits per heavy atom. The van der Waals surface area contributed by atoms with Crippen LogP contribution in [0.2, 0.25) is 0 Å². The van der Waals surface area contributed by atoms with E-state index in [2.05, 4.69) is 90.1 Å². The minimum atomic E-state index is -0.457. The number of halogens is 1. The highest BCUT2D eigenvalue weighted by atomic mass is 31.0. The molecular formula is C28H49FN3OP. The van der Waals surface area contributed by atoms with Crippen LogP contribution in [0.5, 0.6) is 0 Å². The van der Waals surface area contributed by atoms with Crippen molar-refractivity contribution in [2.45, 2.75) is 96.7 Å². The van der Waals surface area contributed by atoms with Gasteiger partial charge in [0.25, 0.3) is 0 Å². The van der Waals surface area contributed by atoms with Gasteiger partial charge < -0.3 is 4.74 Å². The zero-order valence-electron chi connectivity index (χ0n) is 22.2. The molecule has 1 aliphatic rings. The van der Waals surface area contributed by atoms with Crippen molar-refractivity contribution in [1.82, 2.24) is 10.2 Å². The first-order valence-corrected chi connectivity index (χ1v) is 13.6. The molecule has 194 valence electrons. The summed E-state index contributed by atoms with van der Waals surface area (Å²) in [5.74, 6) is 0. The lowest BCUT2D eigenvalue weighted by Crippen LogP contribution is -2.52. The van der Waals surface area contributed by atoms with Crippen molar-refractivity contribution in [2.24, 2.45) is 4.99 Å². The number of ether oxygens (including phenoxy) is 1. The van der Waals surface area contributed by atoms with Gasteiger partial charge in [0.1, 0.15) is 12.3 Å². The summed E-state index contributed by atoms with van der Waals surface area (Å²) in [7, 11) is 2.87. The van der Waals surface area contributed by atoms with E-state index in [0.717, 1.165) is 50.8 Å². The molecule has 0 saturated carbocycles. The van der Waals surface area contributed by atoms with Crippen LogP contribution in [0.1, 0.15) is 73.1 Å². The van der Waals surface area contributed by atoms with Crippen LogP contribution in [-0.2, 0) is 4.74 Å². The maximum absolute atomic E-state index is 13.1. The summed E-state index contributed by atoms with van der Waals surface area (Å²) >= 11 is 0. The highest BCUT2D eigenvalue weighted by Crippen LogP contribution is 2.22. The van der Waals surface area contributed by atoms with Crippen LogP contribution in [0.3, 0.4) is 0 Å². The molecule has 0 radical (unpaired) electrons. The largest absolute Gasteiger partial charge is 0.374 e. The van der Waals surface area contributed by atoms with Crippen LogP contribution < -0.4 is 5.32 Å². The molecule has 0 heterocycles. The van der Waals surface area contributed by atoms with E-state index in [-0.39, 0.29) is 17.9 Å². The molecule has 4 nitrogen and oxygen atoms in total. The number of hydrogen-bond acceptors (Lipinski definition) is 4. The lowest BCUT2D eigenvalue weighted by Gasteiger charge is -2.35. The highest BCUT2D eigenvalue weighted by molar-refractivity contribution is 7.18. The van der Waals surface area contributed by atoms with Gasteiger partial charge in [0.15, 0.2) is 0 Å². The van der Waals surface area contributed by atoms with Gasteiger partial charge in [0.05, 0.1) is 18.9 Å². The molecule has 6 heteroatoms. The molecule has 0 bridgehead atoms. The zero-order valence-corrected chi connectivity index (χ0v) is 23.4. The average Bonchev–Trinajstić information content (AvgIpc) is 2.82. The van der Waals surface area contributed by atoms with Crippen molar-refractivity contribution in [2.75, 3.05) is 26.4 Å². The van der Waals surface area contributed by atoms with Crippen LogP contribution in [0.25, 0.3) is 0 Å². The number of nitrogens with one attached hydrogen (secondary N) is 1. The predicted octanol–water partition coefficient (Wildman–Crippen LogP) is 6.62. The van der Waals surface area contributed by atoms with Crippen LogP contribution in [-0.4, -0.2) is 61.6 Å². The molecular weight excluding hydrogens is 444 g/mol. The zero-order chi connectivity index (χ0) is 25.4. The quantitative estimate of drug-likeness (QED) is 0.107. The second-order valence-corrected chi connectivity index (χ2v) is 10.0.